The van der Waals surface area contributed by atoms with E-state index < -0.39 is 0 Å². The Morgan fingerprint density at radius 2 is 2.22 bits per heavy atom. The van der Waals surface area contributed by atoms with E-state index in [-0.39, 0.29) is 18.4 Å². The van der Waals surface area contributed by atoms with Gasteiger partial charge in [-0.25, -0.2) is 4.79 Å². The van der Waals surface area contributed by atoms with Gasteiger partial charge in [0.1, 0.15) is 0 Å². The van der Waals surface area contributed by atoms with Crippen LogP contribution in [0.15, 0.2) is 18.2 Å². The summed E-state index contributed by atoms with van der Waals surface area (Å²) in [7, 11) is 1.40. The second-order valence-corrected chi connectivity index (χ2v) is 4.26. The topological polar surface area (TPSA) is 54.1 Å². The van der Waals surface area contributed by atoms with E-state index in [1.807, 2.05) is 12.1 Å². The fourth-order valence-corrected chi connectivity index (χ4v) is 2.39. The third-order valence-electron chi connectivity index (χ3n) is 3.27. The molecule has 0 radical (unpaired) electrons. The van der Waals surface area contributed by atoms with Gasteiger partial charge in [0.25, 0.3) is 0 Å². The highest BCUT2D eigenvalue weighted by Gasteiger charge is 2.16. The van der Waals surface area contributed by atoms with Crippen LogP contribution in [0.5, 0.6) is 0 Å². The quantitative estimate of drug-likeness (QED) is 0.777. The van der Waals surface area contributed by atoms with Crippen molar-refractivity contribution in [3.8, 4) is 0 Å². The number of aromatic amines is 1. The molecule has 5 heteroatoms. The van der Waals surface area contributed by atoms with Gasteiger partial charge in [0.05, 0.1) is 12.7 Å². The molecule has 0 unspecified atom stereocenters. The SMILES string of the molecule is COC(=O)c1ccc2[nH]c3c(c2c1)CNCC3.Cl. The number of fused-ring (bicyclic) bond motifs is 3. The van der Waals surface area contributed by atoms with E-state index in [1.165, 1.54) is 18.4 Å². The van der Waals surface area contributed by atoms with E-state index in [1.54, 1.807) is 6.07 Å². The van der Waals surface area contributed by atoms with Crippen LogP contribution in [0, 0.1) is 0 Å². The number of ether oxygens (including phenoxy) is 1. The minimum absolute atomic E-state index is 0. The predicted molar refractivity (Wildman–Crippen MR) is 72.3 cm³/mol. The molecular formula is C13H15ClN2O2. The maximum atomic E-state index is 11.5. The molecule has 0 amide bonds. The monoisotopic (exact) mass is 266 g/mol. The number of hydrogen-bond acceptors (Lipinski definition) is 3. The Kier molecular flexibility index (Phi) is 3.59. The molecule has 2 N–H and O–H groups in total. The molecule has 0 bridgehead atoms. The van der Waals surface area contributed by atoms with Crippen molar-refractivity contribution in [3.05, 3.63) is 35.0 Å². The molecule has 1 aliphatic heterocycles. The lowest BCUT2D eigenvalue weighted by Crippen LogP contribution is -2.22. The molecule has 0 atom stereocenters. The molecule has 3 rings (SSSR count). The van der Waals surface area contributed by atoms with Gasteiger partial charge in [-0.05, 0) is 23.8 Å². The molecule has 0 aliphatic carbocycles. The van der Waals surface area contributed by atoms with E-state index in [4.69, 9.17) is 4.74 Å². The van der Waals surface area contributed by atoms with Crippen molar-refractivity contribution in [1.82, 2.24) is 10.3 Å². The number of methoxy groups -OCH3 is 1. The van der Waals surface area contributed by atoms with Crippen molar-refractivity contribution in [1.29, 1.82) is 0 Å². The van der Waals surface area contributed by atoms with Gasteiger partial charge in [0.2, 0.25) is 0 Å². The zero-order chi connectivity index (χ0) is 11.8. The first-order valence-corrected chi connectivity index (χ1v) is 5.72. The van der Waals surface area contributed by atoms with Gasteiger partial charge in [-0.3, -0.25) is 0 Å². The normalized spacial score (nSPS) is 13.8. The summed E-state index contributed by atoms with van der Waals surface area (Å²) in [5.74, 6) is -0.286. The molecule has 1 aromatic carbocycles. The largest absolute Gasteiger partial charge is 0.465 e. The van der Waals surface area contributed by atoms with Crippen molar-refractivity contribution >= 4 is 29.3 Å². The number of benzene rings is 1. The molecule has 2 aromatic rings. The summed E-state index contributed by atoms with van der Waals surface area (Å²) in [6.45, 7) is 1.86. The molecule has 0 spiro atoms. The van der Waals surface area contributed by atoms with Crippen LogP contribution >= 0.6 is 12.4 Å². The van der Waals surface area contributed by atoms with E-state index in [0.29, 0.717) is 5.56 Å². The van der Waals surface area contributed by atoms with Crippen LogP contribution in [0.1, 0.15) is 21.6 Å². The number of halogens is 1. The van der Waals surface area contributed by atoms with Gasteiger partial charge in [0, 0.05) is 36.1 Å². The summed E-state index contributed by atoms with van der Waals surface area (Å²) in [5, 5.41) is 4.47. The Morgan fingerprint density at radius 3 is 3.00 bits per heavy atom. The maximum Gasteiger partial charge on any atom is 0.337 e. The third kappa shape index (κ3) is 1.98. The first-order valence-electron chi connectivity index (χ1n) is 5.72. The number of H-pyrrole nitrogens is 1. The van der Waals surface area contributed by atoms with E-state index in [9.17, 15) is 4.79 Å². The van der Waals surface area contributed by atoms with E-state index >= 15 is 0 Å². The predicted octanol–water partition coefficient (Wildman–Crippen LogP) is 2.02. The lowest BCUT2D eigenvalue weighted by molar-refractivity contribution is 0.0601. The number of aromatic nitrogens is 1. The summed E-state index contributed by atoms with van der Waals surface area (Å²) in [6, 6.07) is 5.65. The molecule has 2 heterocycles. The van der Waals surface area contributed by atoms with Gasteiger partial charge < -0.3 is 15.0 Å². The number of carbonyl (C=O) groups is 1. The minimum atomic E-state index is -0.286. The number of nitrogens with one attached hydrogen (secondary N) is 2. The number of rotatable bonds is 1. The highest BCUT2D eigenvalue weighted by molar-refractivity contribution is 5.96. The summed E-state index contributed by atoms with van der Waals surface area (Å²) >= 11 is 0. The van der Waals surface area contributed by atoms with Crippen LogP contribution in [0.25, 0.3) is 10.9 Å². The van der Waals surface area contributed by atoms with Gasteiger partial charge in [-0.2, -0.15) is 0 Å². The average molecular weight is 267 g/mol. The molecule has 1 aromatic heterocycles. The molecule has 0 saturated heterocycles. The van der Waals surface area contributed by atoms with Crippen molar-refractivity contribution in [2.45, 2.75) is 13.0 Å². The maximum absolute atomic E-state index is 11.5. The lowest BCUT2D eigenvalue weighted by atomic mass is 10.0. The Hall–Kier alpha value is -1.52. The van der Waals surface area contributed by atoms with Crippen molar-refractivity contribution in [2.75, 3.05) is 13.7 Å². The number of carbonyl (C=O) groups excluding carboxylic acids is 1. The van der Waals surface area contributed by atoms with Crippen LogP contribution in [-0.4, -0.2) is 24.6 Å². The Labute approximate surface area is 111 Å². The van der Waals surface area contributed by atoms with Gasteiger partial charge in [-0.1, -0.05) is 0 Å². The Morgan fingerprint density at radius 1 is 1.39 bits per heavy atom. The molecule has 18 heavy (non-hydrogen) atoms. The van der Waals surface area contributed by atoms with Crippen LogP contribution < -0.4 is 5.32 Å². The van der Waals surface area contributed by atoms with Crippen LogP contribution in [-0.2, 0) is 17.7 Å². The van der Waals surface area contributed by atoms with E-state index in [2.05, 4.69) is 10.3 Å². The summed E-state index contributed by atoms with van der Waals surface area (Å²) in [5.41, 5.74) is 4.25. The second kappa shape index (κ2) is 5.00. The van der Waals surface area contributed by atoms with Crippen LogP contribution in [0.4, 0.5) is 0 Å². The van der Waals surface area contributed by atoms with Crippen LogP contribution in [0.2, 0.25) is 0 Å². The first kappa shape index (κ1) is 12.9. The second-order valence-electron chi connectivity index (χ2n) is 4.26. The molecule has 4 nitrogen and oxygen atoms in total. The smallest absolute Gasteiger partial charge is 0.337 e. The molecule has 0 saturated carbocycles. The summed E-state index contributed by atoms with van der Waals surface area (Å²) < 4.78 is 4.74. The van der Waals surface area contributed by atoms with Gasteiger partial charge in [-0.15, -0.1) is 12.4 Å². The summed E-state index contributed by atoms with van der Waals surface area (Å²) in [6.07, 6.45) is 1.01. The van der Waals surface area contributed by atoms with Crippen molar-refractivity contribution in [3.63, 3.8) is 0 Å². The molecule has 0 fully saturated rings. The highest BCUT2D eigenvalue weighted by atomic mass is 35.5. The number of hydrogen-bond donors (Lipinski definition) is 2. The number of esters is 1. The third-order valence-corrected chi connectivity index (χ3v) is 3.27. The molecule has 96 valence electrons. The van der Waals surface area contributed by atoms with Gasteiger partial charge >= 0.3 is 5.97 Å². The zero-order valence-electron chi connectivity index (χ0n) is 10.1. The van der Waals surface area contributed by atoms with Gasteiger partial charge in [0.15, 0.2) is 0 Å². The van der Waals surface area contributed by atoms with Crippen molar-refractivity contribution < 1.29 is 9.53 Å². The van der Waals surface area contributed by atoms with Crippen molar-refractivity contribution in [2.24, 2.45) is 0 Å². The molecule has 1 aliphatic rings. The fourth-order valence-electron chi connectivity index (χ4n) is 2.39. The highest BCUT2D eigenvalue weighted by Crippen LogP contribution is 2.26. The summed E-state index contributed by atoms with van der Waals surface area (Å²) in [4.78, 5) is 14.9. The van der Waals surface area contributed by atoms with E-state index in [0.717, 1.165) is 30.4 Å². The average Bonchev–Trinajstić information content (AvgIpc) is 2.75. The Balaban J connectivity index is 0.00000120. The lowest BCUT2D eigenvalue weighted by Gasteiger charge is -2.12. The molecular weight excluding hydrogens is 252 g/mol. The Bertz CT molecular complexity index is 592. The first-order chi connectivity index (χ1) is 8.29. The van der Waals surface area contributed by atoms with Crippen LogP contribution in [0.3, 0.4) is 0 Å². The fraction of sp³-hybridized carbons (Fsp3) is 0.308. The standard InChI is InChI=1S/C13H14N2O2.ClH/c1-17-13(16)8-2-3-11-9(6-8)10-7-14-5-4-12(10)15-11;/h2-3,6,14-15H,4-5,7H2,1H3;1H. The zero-order valence-corrected chi connectivity index (χ0v) is 10.9. The minimum Gasteiger partial charge on any atom is -0.465 e.